The van der Waals surface area contributed by atoms with E-state index in [4.69, 9.17) is 10.1 Å². The van der Waals surface area contributed by atoms with Crippen molar-refractivity contribution in [3.8, 4) is 11.3 Å². The Labute approximate surface area is 179 Å². The first kappa shape index (κ1) is 21.6. The van der Waals surface area contributed by atoms with Crippen LogP contribution < -0.4 is 4.90 Å². The average molecular weight is 412 g/mol. The van der Waals surface area contributed by atoms with Crippen molar-refractivity contribution in [1.82, 2.24) is 9.88 Å². The molecule has 1 aliphatic rings. The van der Waals surface area contributed by atoms with E-state index in [1.54, 1.807) is 0 Å². The van der Waals surface area contributed by atoms with Gasteiger partial charge in [0.1, 0.15) is 5.82 Å². The standard InChI is InChI=1S/C24H29N3O.ClH/c1-2-26-13-15-27(16-14-26)24-22-8-4-3-7-21(22)18-23(25-24)20-11-9-19(10-12-20)6-5-17-28;/h3-4,7-12,18,28H,2,5-6,13-17H2,1H3;1H. The van der Waals surface area contributed by atoms with Crippen LogP contribution in [0, 0.1) is 0 Å². The fourth-order valence-electron chi connectivity index (χ4n) is 3.97. The van der Waals surface area contributed by atoms with Gasteiger partial charge in [0.25, 0.3) is 0 Å². The lowest BCUT2D eigenvalue weighted by Crippen LogP contribution is -2.46. The Morgan fingerprint density at radius 1 is 0.966 bits per heavy atom. The molecular weight excluding hydrogens is 382 g/mol. The number of aryl methyl sites for hydroxylation is 1. The van der Waals surface area contributed by atoms with Gasteiger partial charge in [-0.3, -0.25) is 0 Å². The van der Waals surface area contributed by atoms with Crippen LogP contribution in [-0.2, 0) is 6.42 Å². The van der Waals surface area contributed by atoms with Gasteiger partial charge in [0.15, 0.2) is 0 Å². The minimum atomic E-state index is 0. The number of aliphatic hydroxyl groups is 1. The van der Waals surface area contributed by atoms with Gasteiger partial charge >= 0.3 is 0 Å². The van der Waals surface area contributed by atoms with Crippen molar-refractivity contribution in [3.05, 3.63) is 60.2 Å². The summed E-state index contributed by atoms with van der Waals surface area (Å²) < 4.78 is 0. The first-order valence-corrected chi connectivity index (χ1v) is 10.4. The Hall–Kier alpha value is -2.14. The van der Waals surface area contributed by atoms with E-state index in [2.05, 4.69) is 71.3 Å². The van der Waals surface area contributed by atoms with Gasteiger partial charge in [-0.2, -0.15) is 0 Å². The monoisotopic (exact) mass is 411 g/mol. The summed E-state index contributed by atoms with van der Waals surface area (Å²) in [6.07, 6.45) is 1.72. The van der Waals surface area contributed by atoms with E-state index in [1.165, 1.54) is 16.3 Å². The third-order valence-electron chi connectivity index (χ3n) is 5.71. The Morgan fingerprint density at radius 3 is 2.38 bits per heavy atom. The van der Waals surface area contributed by atoms with Gasteiger partial charge in [-0.25, -0.2) is 4.98 Å². The van der Waals surface area contributed by atoms with Crippen LogP contribution in [0.25, 0.3) is 22.0 Å². The van der Waals surface area contributed by atoms with Crippen LogP contribution in [0.3, 0.4) is 0 Å². The van der Waals surface area contributed by atoms with Crippen molar-refractivity contribution < 1.29 is 5.11 Å². The summed E-state index contributed by atoms with van der Waals surface area (Å²) >= 11 is 0. The molecule has 4 nitrogen and oxygen atoms in total. The molecule has 1 aromatic heterocycles. The molecule has 1 aliphatic heterocycles. The van der Waals surface area contributed by atoms with Crippen molar-refractivity contribution in [3.63, 3.8) is 0 Å². The molecule has 0 radical (unpaired) electrons. The lowest BCUT2D eigenvalue weighted by molar-refractivity contribution is 0.271. The van der Waals surface area contributed by atoms with Gasteiger partial charge in [-0.05, 0) is 36.4 Å². The average Bonchev–Trinajstić information content (AvgIpc) is 2.77. The van der Waals surface area contributed by atoms with E-state index >= 15 is 0 Å². The molecule has 0 atom stereocenters. The molecule has 0 aliphatic carbocycles. The highest BCUT2D eigenvalue weighted by Crippen LogP contribution is 2.30. The molecule has 0 amide bonds. The number of pyridine rings is 1. The van der Waals surface area contributed by atoms with E-state index in [1.807, 2.05) is 0 Å². The number of likely N-dealkylation sites (N-methyl/N-ethyl adjacent to an activating group) is 1. The number of benzene rings is 2. The molecule has 0 unspecified atom stereocenters. The summed E-state index contributed by atoms with van der Waals surface area (Å²) in [6, 6.07) is 19.4. The maximum atomic E-state index is 9.03. The molecule has 2 heterocycles. The number of aliphatic hydroxyl groups excluding tert-OH is 1. The molecule has 4 rings (SSSR count). The van der Waals surface area contributed by atoms with Crippen LogP contribution >= 0.6 is 12.4 Å². The number of piperazine rings is 1. The predicted octanol–water partition coefficient (Wildman–Crippen LogP) is 4.39. The molecule has 1 saturated heterocycles. The van der Waals surface area contributed by atoms with Gasteiger partial charge in [0.2, 0.25) is 0 Å². The Morgan fingerprint density at radius 2 is 1.69 bits per heavy atom. The summed E-state index contributed by atoms with van der Waals surface area (Å²) in [4.78, 5) is 10.0. The Bertz CT molecular complexity index is 921. The number of nitrogens with zero attached hydrogens (tertiary/aromatic N) is 3. The largest absolute Gasteiger partial charge is 0.396 e. The number of halogens is 1. The molecule has 0 bridgehead atoms. The summed E-state index contributed by atoms with van der Waals surface area (Å²) in [7, 11) is 0. The number of rotatable bonds is 6. The van der Waals surface area contributed by atoms with Crippen LogP contribution in [0.2, 0.25) is 0 Å². The lowest BCUT2D eigenvalue weighted by Gasteiger charge is -2.35. The molecule has 29 heavy (non-hydrogen) atoms. The number of aromatic nitrogens is 1. The highest BCUT2D eigenvalue weighted by Gasteiger charge is 2.19. The van der Waals surface area contributed by atoms with Gasteiger partial charge in [-0.15, -0.1) is 12.4 Å². The highest BCUT2D eigenvalue weighted by atomic mass is 35.5. The van der Waals surface area contributed by atoms with Crippen LogP contribution in [0.5, 0.6) is 0 Å². The van der Waals surface area contributed by atoms with Crippen LogP contribution in [0.1, 0.15) is 18.9 Å². The molecule has 2 aromatic carbocycles. The number of anilines is 1. The second-order valence-electron chi connectivity index (χ2n) is 7.50. The number of hydrogen-bond donors (Lipinski definition) is 1. The van der Waals surface area contributed by atoms with E-state index in [0.29, 0.717) is 0 Å². The van der Waals surface area contributed by atoms with Crippen molar-refractivity contribution in [2.75, 3.05) is 44.2 Å². The van der Waals surface area contributed by atoms with E-state index in [0.717, 1.165) is 62.6 Å². The van der Waals surface area contributed by atoms with Crippen molar-refractivity contribution in [2.24, 2.45) is 0 Å². The molecule has 1 fully saturated rings. The quantitative estimate of drug-likeness (QED) is 0.653. The van der Waals surface area contributed by atoms with Crippen LogP contribution in [0.15, 0.2) is 54.6 Å². The van der Waals surface area contributed by atoms with Gasteiger partial charge in [-0.1, -0.05) is 55.5 Å². The summed E-state index contributed by atoms with van der Waals surface area (Å²) in [5.74, 6) is 1.10. The smallest absolute Gasteiger partial charge is 0.137 e. The molecule has 154 valence electrons. The molecule has 1 N–H and O–H groups in total. The lowest BCUT2D eigenvalue weighted by atomic mass is 10.0. The molecule has 3 aromatic rings. The molecular formula is C24H30ClN3O. The van der Waals surface area contributed by atoms with Gasteiger partial charge in [0, 0.05) is 43.7 Å². The van der Waals surface area contributed by atoms with E-state index in [9.17, 15) is 0 Å². The summed E-state index contributed by atoms with van der Waals surface area (Å²) in [5, 5.41) is 11.5. The zero-order chi connectivity index (χ0) is 19.3. The fraction of sp³-hybridized carbons (Fsp3) is 0.375. The van der Waals surface area contributed by atoms with E-state index in [-0.39, 0.29) is 19.0 Å². The second-order valence-corrected chi connectivity index (χ2v) is 7.50. The predicted molar refractivity (Wildman–Crippen MR) is 124 cm³/mol. The Balaban J connectivity index is 0.00000240. The molecule has 0 spiro atoms. The number of fused-ring (bicyclic) bond motifs is 1. The van der Waals surface area contributed by atoms with Crippen molar-refractivity contribution in [2.45, 2.75) is 19.8 Å². The second kappa shape index (κ2) is 10.1. The van der Waals surface area contributed by atoms with Gasteiger partial charge < -0.3 is 14.9 Å². The van der Waals surface area contributed by atoms with Crippen molar-refractivity contribution >= 4 is 29.0 Å². The first-order chi connectivity index (χ1) is 13.8. The molecule has 5 heteroatoms. The van der Waals surface area contributed by atoms with Crippen LogP contribution in [0.4, 0.5) is 5.82 Å². The maximum Gasteiger partial charge on any atom is 0.137 e. The minimum absolute atomic E-state index is 0. The zero-order valence-electron chi connectivity index (χ0n) is 17.1. The van der Waals surface area contributed by atoms with Crippen molar-refractivity contribution in [1.29, 1.82) is 0 Å². The zero-order valence-corrected chi connectivity index (χ0v) is 17.9. The Kier molecular flexibility index (Phi) is 7.48. The highest BCUT2D eigenvalue weighted by molar-refractivity contribution is 5.95. The third kappa shape index (κ3) is 4.89. The summed E-state index contributed by atoms with van der Waals surface area (Å²) in [5.41, 5.74) is 3.43. The first-order valence-electron chi connectivity index (χ1n) is 10.4. The fourth-order valence-corrected chi connectivity index (χ4v) is 3.97. The molecule has 0 saturated carbocycles. The maximum absolute atomic E-state index is 9.03. The van der Waals surface area contributed by atoms with Crippen LogP contribution in [-0.4, -0.2) is 54.3 Å². The topological polar surface area (TPSA) is 39.6 Å². The minimum Gasteiger partial charge on any atom is -0.396 e. The normalized spacial score (nSPS) is 14.8. The van der Waals surface area contributed by atoms with E-state index < -0.39 is 0 Å². The SMILES string of the molecule is CCN1CCN(c2nc(-c3ccc(CCCO)cc3)cc3ccccc23)CC1.Cl. The number of hydrogen-bond acceptors (Lipinski definition) is 4. The summed E-state index contributed by atoms with van der Waals surface area (Å²) in [6.45, 7) is 7.82. The third-order valence-corrected chi connectivity index (χ3v) is 5.71. The van der Waals surface area contributed by atoms with Gasteiger partial charge in [0.05, 0.1) is 5.69 Å².